The lowest BCUT2D eigenvalue weighted by atomic mass is 9.98. The van der Waals surface area contributed by atoms with Crippen LogP contribution in [0.1, 0.15) is 48.9 Å². The fourth-order valence-corrected chi connectivity index (χ4v) is 4.72. The first-order valence-corrected chi connectivity index (χ1v) is 11.5. The fraction of sp³-hybridized carbons (Fsp3) is 0.609. The van der Waals surface area contributed by atoms with Gasteiger partial charge >= 0.3 is 0 Å². The number of likely N-dealkylation sites (tertiary alicyclic amines) is 1. The van der Waals surface area contributed by atoms with Crippen LogP contribution >= 0.6 is 0 Å². The molecule has 0 radical (unpaired) electrons. The minimum atomic E-state index is -0.194. The quantitative estimate of drug-likeness (QED) is 0.668. The number of piperidine rings is 1. The Kier molecular flexibility index (Phi) is 7.59. The van der Waals surface area contributed by atoms with Crippen molar-refractivity contribution in [3.8, 4) is 0 Å². The van der Waals surface area contributed by atoms with E-state index in [-0.39, 0.29) is 11.8 Å². The molecular formula is C23H33N5O4. The number of aromatic nitrogens is 2. The zero-order chi connectivity index (χ0) is 22.3. The Morgan fingerprint density at radius 1 is 1.16 bits per heavy atom. The van der Waals surface area contributed by atoms with Crippen molar-refractivity contribution in [2.75, 3.05) is 39.4 Å². The summed E-state index contributed by atoms with van der Waals surface area (Å²) in [6.45, 7) is 6.70. The number of hydrogen-bond donors (Lipinski definition) is 1. The van der Waals surface area contributed by atoms with Crippen LogP contribution in [0.5, 0.6) is 0 Å². The Bertz CT molecular complexity index is 867. The van der Waals surface area contributed by atoms with E-state index in [4.69, 9.17) is 9.15 Å². The summed E-state index contributed by atoms with van der Waals surface area (Å²) in [4.78, 5) is 32.8. The van der Waals surface area contributed by atoms with E-state index in [0.717, 1.165) is 58.5 Å². The summed E-state index contributed by atoms with van der Waals surface area (Å²) in [6, 6.07) is 4.43. The topological polar surface area (TPSA) is 92.8 Å². The third-order valence-electron chi connectivity index (χ3n) is 6.48. The zero-order valence-corrected chi connectivity index (χ0v) is 18.7. The van der Waals surface area contributed by atoms with Crippen LogP contribution < -0.4 is 5.32 Å². The van der Waals surface area contributed by atoms with Gasteiger partial charge in [0, 0.05) is 70.8 Å². The molecule has 0 unspecified atom stereocenters. The number of imidazole rings is 1. The third-order valence-corrected chi connectivity index (χ3v) is 6.48. The van der Waals surface area contributed by atoms with Crippen LogP contribution in [0.15, 0.2) is 35.3 Å². The van der Waals surface area contributed by atoms with Crippen LogP contribution in [0, 0.1) is 0 Å². The maximum Gasteiger partial charge on any atom is 0.287 e. The number of carbonyl (C=O) groups excluding carboxylic acids is 2. The smallest absolute Gasteiger partial charge is 0.287 e. The number of amides is 2. The first-order chi connectivity index (χ1) is 15.6. The molecule has 2 aromatic heterocycles. The molecular weight excluding hydrogens is 410 g/mol. The van der Waals surface area contributed by atoms with E-state index in [9.17, 15) is 9.59 Å². The summed E-state index contributed by atoms with van der Waals surface area (Å²) < 4.78 is 13.2. The number of nitrogens with zero attached hydrogens (tertiary/aromatic N) is 4. The monoisotopic (exact) mass is 443 g/mol. The van der Waals surface area contributed by atoms with E-state index < -0.39 is 0 Å². The fourth-order valence-electron chi connectivity index (χ4n) is 4.72. The third kappa shape index (κ3) is 5.77. The number of carbonyl (C=O) groups is 2. The highest BCUT2D eigenvalue weighted by molar-refractivity contribution is 5.91. The number of ether oxygens (including phenoxy) is 1. The standard InChI is InChI=1S/C23H33N5O4/c1-18(29)27-10-4-19(5-11-27)28(20-6-14-31-15-7-20)13-9-25-23(30)22-3-2-21(32-22)16-26-12-8-24-17-26/h2-3,8,12,17,19-20H,4-7,9-11,13-16H2,1H3,(H,25,30). The second-order valence-corrected chi connectivity index (χ2v) is 8.58. The van der Waals surface area contributed by atoms with Gasteiger partial charge in [-0.3, -0.25) is 14.5 Å². The van der Waals surface area contributed by atoms with Gasteiger partial charge < -0.3 is 23.9 Å². The van der Waals surface area contributed by atoms with E-state index in [2.05, 4.69) is 15.2 Å². The molecule has 4 heterocycles. The van der Waals surface area contributed by atoms with Crippen molar-refractivity contribution >= 4 is 11.8 Å². The summed E-state index contributed by atoms with van der Waals surface area (Å²) in [5.41, 5.74) is 0. The summed E-state index contributed by atoms with van der Waals surface area (Å²) >= 11 is 0. The van der Waals surface area contributed by atoms with Crippen molar-refractivity contribution < 1.29 is 18.7 Å². The second kappa shape index (κ2) is 10.8. The molecule has 174 valence electrons. The maximum atomic E-state index is 12.6. The van der Waals surface area contributed by atoms with Crippen LogP contribution in [-0.4, -0.2) is 82.6 Å². The van der Waals surface area contributed by atoms with Gasteiger partial charge in [-0.15, -0.1) is 0 Å². The normalized spacial score (nSPS) is 18.2. The lowest BCUT2D eigenvalue weighted by Crippen LogP contribution is -2.53. The Morgan fingerprint density at radius 3 is 2.59 bits per heavy atom. The highest BCUT2D eigenvalue weighted by Gasteiger charge is 2.31. The molecule has 0 bridgehead atoms. The summed E-state index contributed by atoms with van der Waals surface area (Å²) in [5, 5.41) is 3.02. The van der Waals surface area contributed by atoms with Gasteiger partial charge in [0.1, 0.15) is 5.76 Å². The zero-order valence-electron chi connectivity index (χ0n) is 18.7. The first kappa shape index (κ1) is 22.5. The van der Waals surface area contributed by atoms with Crippen LogP contribution in [-0.2, 0) is 16.1 Å². The van der Waals surface area contributed by atoms with E-state index in [1.54, 1.807) is 25.5 Å². The summed E-state index contributed by atoms with van der Waals surface area (Å²) in [5.74, 6) is 1.00. The van der Waals surface area contributed by atoms with Crippen LogP contribution in [0.4, 0.5) is 0 Å². The average molecular weight is 444 g/mol. The summed E-state index contributed by atoms with van der Waals surface area (Å²) in [7, 11) is 0. The molecule has 9 heteroatoms. The van der Waals surface area contributed by atoms with Gasteiger partial charge in [0.2, 0.25) is 5.91 Å². The van der Waals surface area contributed by atoms with Crippen molar-refractivity contribution in [2.24, 2.45) is 0 Å². The molecule has 2 amide bonds. The SMILES string of the molecule is CC(=O)N1CCC(N(CCNC(=O)c2ccc(Cn3ccnc3)o2)C2CCOCC2)CC1. The van der Waals surface area contributed by atoms with Gasteiger partial charge in [-0.05, 0) is 37.8 Å². The number of rotatable bonds is 8. The van der Waals surface area contributed by atoms with E-state index in [1.807, 2.05) is 21.7 Å². The molecule has 2 fully saturated rings. The van der Waals surface area contributed by atoms with Gasteiger partial charge in [0.15, 0.2) is 5.76 Å². The van der Waals surface area contributed by atoms with Gasteiger partial charge in [0.25, 0.3) is 5.91 Å². The van der Waals surface area contributed by atoms with Crippen molar-refractivity contribution in [1.29, 1.82) is 0 Å². The first-order valence-electron chi connectivity index (χ1n) is 11.5. The van der Waals surface area contributed by atoms with Crippen molar-refractivity contribution in [2.45, 2.75) is 51.2 Å². The Morgan fingerprint density at radius 2 is 1.91 bits per heavy atom. The molecule has 0 aliphatic carbocycles. The van der Waals surface area contributed by atoms with E-state index >= 15 is 0 Å². The van der Waals surface area contributed by atoms with Crippen LogP contribution in [0.3, 0.4) is 0 Å². The van der Waals surface area contributed by atoms with Crippen LogP contribution in [0.25, 0.3) is 0 Å². The minimum Gasteiger partial charge on any atom is -0.454 e. The van der Waals surface area contributed by atoms with Gasteiger partial charge in [-0.25, -0.2) is 4.98 Å². The molecule has 2 aliphatic rings. The molecule has 4 rings (SSSR count). The molecule has 0 atom stereocenters. The molecule has 2 aliphatic heterocycles. The van der Waals surface area contributed by atoms with Gasteiger partial charge in [0.05, 0.1) is 12.9 Å². The van der Waals surface area contributed by atoms with Gasteiger partial charge in [-0.2, -0.15) is 0 Å². The number of furan rings is 1. The Labute approximate surface area is 188 Å². The highest BCUT2D eigenvalue weighted by Crippen LogP contribution is 2.23. The Hall–Kier alpha value is -2.65. The predicted molar refractivity (Wildman–Crippen MR) is 118 cm³/mol. The number of hydrogen-bond acceptors (Lipinski definition) is 6. The average Bonchev–Trinajstić information content (AvgIpc) is 3.50. The van der Waals surface area contributed by atoms with E-state index in [0.29, 0.717) is 36.7 Å². The lowest BCUT2D eigenvalue weighted by Gasteiger charge is -2.43. The molecule has 2 aromatic rings. The number of nitrogens with one attached hydrogen (secondary N) is 1. The van der Waals surface area contributed by atoms with Gasteiger partial charge in [-0.1, -0.05) is 0 Å². The highest BCUT2D eigenvalue weighted by atomic mass is 16.5. The predicted octanol–water partition coefficient (Wildman–Crippen LogP) is 1.75. The molecule has 1 N–H and O–H groups in total. The molecule has 2 saturated heterocycles. The molecule has 32 heavy (non-hydrogen) atoms. The van der Waals surface area contributed by atoms with Crippen LogP contribution in [0.2, 0.25) is 0 Å². The van der Waals surface area contributed by atoms with Crippen molar-refractivity contribution in [1.82, 2.24) is 24.7 Å². The molecule has 9 nitrogen and oxygen atoms in total. The van der Waals surface area contributed by atoms with Crippen molar-refractivity contribution in [3.05, 3.63) is 42.4 Å². The second-order valence-electron chi connectivity index (χ2n) is 8.58. The minimum absolute atomic E-state index is 0.152. The van der Waals surface area contributed by atoms with E-state index in [1.165, 1.54) is 0 Å². The Balaban J connectivity index is 1.30. The molecule has 0 saturated carbocycles. The largest absolute Gasteiger partial charge is 0.454 e. The summed E-state index contributed by atoms with van der Waals surface area (Å²) in [6.07, 6.45) is 9.25. The maximum absolute atomic E-state index is 12.6. The molecule has 0 aromatic carbocycles. The molecule has 0 spiro atoms. The lowest BCUT2D eigenvalue weighted by molar-refractivity contribution is -0.130. The van der Waals surface area contributed by atoms with Crippen molar-refractivity contribution in [3.63, 3.8) is 0 Å².